The number of rotatable bonds is 15. The average molecular weight is 302 g/mol. The molecule has 0 spiro atoms. The van der Waals surface area contributed by atoms with Gasteiger partial charge in [-0.25, -0.2) is 0 Å². The summed E-state index contributed by atoms with van der Waals surface area (Å²) in [6.07, 6.45) is 12.9. The minimum absolute atomic E-state index is 0.144. The van der Waals surface area contributed by atoms with Crippen LogP contribution in [-0.2, 0) is 9.53 Å². The molecule has 4 heteroatoms. The van der Waals surface area contributed by atoms with Crippen LogP contribution in [0.15, 0.2) is 0 Å². The number of carbonyl (C=O) groups excluding carboxylic acids is 1. The first kappa shape index (κ1) is 20.4. The molecule has 0 radical (unpaired) electrons. The number of methoxy groups -OCH3 is 1. The summed E-state index contributed by atoms with van der Waals surface area (Å²) in [5.41, 5.74) is 0. The third kappa shape index (κ3) is 15.6. The molecule has 0 amide bonds. The lowest BCUT2D eigenvalue weighted by Crippen LogP contribution is -2.06. The summed E-state index contributed by atoms with van der Waals surface area (Å²) in [5.74, 6) is -0.144. The van der Waals surface area contributed by atoms with Gasteiger partial charge in [0.15, 0.2) is 0 Å². The Morgan fingerprint density at radius 3 is 1.86 bits per heavy atom. The van der Waals surface area contributed by atoms with Gasteiger partial charge in [-0.05, 0) is 25.7 Å². The number of carbonyl (C=O) groups is 1. The van der Waals surface area contributed by atoms with E-state index in [1.165, 1.54) is 32.8 Å². The lowest BCUT2D eigenvalue weighted by Gasteiger charge is -2.10. The SMILES string of the molecule is COC(=O)CCCCCC(O)CCCCCCCCCO. The summed E-state index contributed by atoms with van der Waals surface area (Å²) in [5, 5.41) is 18.5. The van der Waals surface area contributed by atoms with E-state index < -0.39 is 0 Å². The minimum atomic E-state index is -0.183. The van der Waals surface area contributed by atoms with Gasteiger partial charge in [-0.2, -0.15) is 0 Å². The zero-order valence-corrected chi connectivity index (χ0v) is 13.7. The second-order valence-corrected chi connectivity index (χ2v) is 5.82. The largest absolute Gasteiger partial charge is 0.469 e. The molecule has 1 unspecified atom stereocenters. The molecule has 0 fully saturated rings. The van der Waals surface area contributed by atoms with Gasteiger partial charge in [0.05, 0.1) is 13.2 Å². The highest BCUT2D eigenvalue weighted by molar-refractivity contribution is 5.68. The van der Waals surface area contributed by atoms with Crippen molar-refractivity contribution < 1.29 is 19.7 Å². The van der Waals surface area contributed by atoms with Crippen molar-refractivity contribution in [2.24, 2.45) is 0 Å². The first-order valence-electron chi connectivity index (χ1n) is 8.56. The molecule has 0 bridgehead atoms. The quantitative estimate of drug-likeness (QED) is 0.358. The fourth-order valence-electron chi connectivity index (χ4n) is 2.45. The number of hydrogen-bond donors (Lipinski definition) is 2. The molecule has 0 aromatic carbocycles. The van der Waals surface area contributed by atoms with Crippen molar-refractivity contribution in [3.8, 4) is 0 Å². The van der Waals surface area contributed by atoms with Crippen LogP contribution < -0.4 is 0 Å². The maximum absolute atomic E-state index is 10.9. The highest BCUT2D eigenvalue weighted by atomic mass is 16.5. The lowest BCUT2D eigenvalue weighted by molar-refractivity contribution is -0.140. The summed E-state index contributed by atoms with van der Waals surface area (Å²) in [7, 11) is 1.42. The number of hydrogen-bond acceptors (Lipinski definition) is 4. The van der Waals surface area contributed by atoms with E-state index in [-0.39, 0.29) is 12.1 Å². The molecule has 0 aliphatic heterocycles. The van der Waals surface area contributed by atoms with Crippen LogP contribution in [0.1, 0.15) is 83.5 Å². The molecule has 0 saturated heterocycles. The molecular weight excluding hydrogens is 268 g/mol. The van der Waals surface area contributed by atoms with E-state index in [0.29, 0.717) is 13.0 Å². The fraction of sp³-hybridized carbons (Fsp3) is 0.941. The number of aliphatic hydroxyl groups excluding tert-OH is 2. The van der Waals surface area contributed by atoms with Crippen molar-refractivity contribution >= 4 is 5.97 Å². The minimum Gasteiger partial charge on any atom is -0.469 e. The van der Waals surface area contributed by atoms with Gasteiger partial charge >= 0.3 is 5.97 Å². The van der Waals surface area contributed by atoms with Gasteiger partial charge in [0.2, 0.25) is 0 Å². The summed E-state index contributed by atoms with van der Waals surface area (Å²) in [6.45, 7) is 0.311. The molecule has 0 aliphatic rings. The van der Waals surface area contributed by atoms with Gasteiger partial charge in [0.25, 0.3) is 0 Å². The Bertz CT molecular complexity index is 231. The highest BCUT2D eigenvalue weighted by Crippen LogP contribution is 2.13. The maximum Gasteiger partial charge on any atom is 0.305 e. The first-order valence-corrected chi connectivity index (χ1v) is 8.56. The van der Waals surface area contributed by atoms with E-state index >= 15 is 0 Å². The Morgan fingerprint density at radius 1 is 0.857 bits per heavy atom. The second kappa shape index (κ2) is 15.8. The number of esters is 1. The third-order valence-corrected chi connectivity index (χ3v) is 3.84. The highest BCUT2D eigenvalue weighted by Gasteiger charge is 2.05. The maximum atomic E-state index is 10.9. The first-order chi connectivity index (χ1) is 10.2. The van der Waals surface area contributed by atoms with Crippen molar-refractivity contribution in [1.29, 1.82) is 0 Å². The van der Waals surface area contributed by atoms with Crippen LogP contribution in [0.5, 0.6) is 0 Å². The molecule has 4 nitrogen and oxygen atoms in total. The van der Waals surface area contributed by atoms with Crippen molar-refractivity contribution in [1.82, 2.24) is 0 Å². The molecule has 0 saturated carbocycles. The molecule has 0 aliphatic carbocycles. The van der Waals surface area contributed by atoms with E-state index in [2.05, 4.69) is 4.74 Å². The van der Waals surface area contributed by atoms with Gasteiger partial charge in [-0.3, -0.25) is 4.79 Å². The monoisotopic (exact) mass is 302 g/mol. The van der Waals surface area contributed by atoms with Crippen LogP contribution in [0.3, 0.4) is 0 Å². The van der Waals surface area contributed by atoms with Crippen molar-refractivity contribution in [2.45, 2.75) is 89.6 Å². The standard InChI is InChI=1S/C17H34O4/c1-21-17(20)14-10-7-9-13-16(19)12-8-5-3-2-4-6-11-15-18/h16,18-19H,2-15H2,1H3. The van der Waals surface area contributed by atoms with Crippen molar-refractivity contribution in [3.63, 3.8) is 0 Å². The number of unbranched alkanes of at least 4 members (excludes halogenated alkanes) is 8. The number of aliphatic hydroxyl groups is 2. The zero-order chi connectivity index (χ0) is 15.8. The van der Waals surface area contributed by atoms with E-state index in [0.717, 1.165) is 51.4 Å². The van der Waals surface area contributed by atoms with Crippen LogP contribution in [0.4, 0.5) is 0 Å². The fourth-order valence-corrected chi connectivity index (χ4v) is 2.45. The second-order valence-electron chi connectivity index (χ2n) is 5.82. The summed E-state index contributed by atoms with van der Waals surface area (Å²) < 4.78 is 4.58. The molecular formula is C17H34O4. The Morgan fingerprint density at radius 2 is 1.33 bits per heavy atom. The van der Waals surface area contributed by atoms with Gasteiger partial charge in [-0.15, -0.1) is 0 Å². The van der Waals surface area contributed by atoms with Crippen LogP contribution in [0.2, 0.25) is 0 Å². The zero-order valence-electron chi connectivity index (χ0n) is 13.7. The Labute approximate surface area is 129 Å². The summed E-state index contributed by atoms with van der Waals surface area (Å²) >= 11 is 0. The van der Waals surface area contributed by atoms with Crippen molar-refractivity contribution in [3.05, 3.63) is 0 Å². The van der Waals surface area contributed by atoms with Crippen molar-refractivity contribution in [2.75, 3.05) is 13.7 Å². The Balaban J connectivity index is 3.19. The van der Waals surface area contributed by atoms with Gasteiger partial charge < -0.3 is 14.9 Å². The summed E-state index contributed by atoms with van der Waals surface area (Å²) in [4.78, 5) is 10.9. The molecule has 0 heterocycles. The number of ether oxygens (including phenoxy) is 1. The predicted molar refractivity (Wildman–Crippen MR) is 85.1 cm³/mol. The van der Waals surface area contributed by atoms with E-state index in [1.54, 1.807) is 0 Å². The molecule has 0 rings (SSSR count). The van der Waals surface area contributed by atoms with E-state index in [1.807, 2.05) is 0 Å². The van der Waals surface area contributed by atoms with Crippen LogP contribution in [0, 0.1) is 0 Å². The van der Waals surface area contributed by atoms with Crippen LogP contribution >= 0.6 is 0 Å². The topological polar surface area (TPSA) is 66.8 Å². The van der Waals surface area contributed by atoms with Gasteiger partial charge in [0, 0.05) is 13.0 Å². The lowest BCUT2D eigenvalue weighted by atomic mass is 10.0. The van der Waals surface area contributed by atoms with Crippen LogP contribution in [0.25, 0.3) is 0 Å². The molecule has 21 heavy (non-hydrogen) atoms. The normalized spacial score (nSPS) is 12.3. The van der Waals surface area contributed by atoms with Crippen LogP contribution in [-0.4, -0.2) is 36.0 Å². The molecule has 1 atom stereocenters. The van der Waals surface area contributed by atoms with Gasteiger partial charge in [0.1, 0.15) is 0 Å². The van der Waals surface area contributed by atoms with E-state index in [9.17, 15) is 9.90 Å². The Kier molecular flexibility index (Phi) is 15.3. The molecule has 2 N–H and O–H groups in total. The third-order valence-electron chi connectivity index (χ3n) is 3.84. The predicted octanol–water partition coefficient (Wildman–Crippen LogP) is 3.58. The molecule has 0 aromatic rings. The molecule has 126 valence electrons. The smallest absolute Gasteiger partial charge is 0.305 e. The van der Waals surface area contributed by atoms with E-state index in [4.69, 9.17) is 5.11 Å². The Hall–Kier alpha value is -0.610. The summed E-state index contributed by atoms with van der Waals surface area (Å²) in [6, 6.07) is 0. The molecule has 0 aromatic heterocycles. The van der Waals surface area contributed by atoms with Gasteiger partial charge in [-0.1, -0.05) is 51.4 Å². The average Bonchev–Trinajstić information content (AvgIpc) is 2.49.